The van der Waals surface area contributed by atoms with Crippen molar-refractivity contribution in [3.05, 3.63) is 36.7 Å². The van der Waals surface area contributed by atoms with E-state index in [1.54, 1.807) is 31.0 Å². The average molecular weight is 312 g/mol. The zero-order chi connectivity index (χ0) is 16.1. The molecule has 0 unspecified atom stereocenters. The summed E-state index contributed by atoms with van der Waals surface area (Å²) in [4.78, 5) is 30.9. The van der Waals surface area contributed by atoms with Gasteiger partial charge >= 0.3 is 0 Å². The topological polar surface area (TPSA) is 83.9 Å². The molecule has 3 heterocycles. The molecule has 0 aliphatic carbocycles. The summed E-state index contributed by atoms with van der Waals surface area (Å²) in [6, 6.07) is 0. The van der Waals surface area contributed by atoms with Gasteiger partial charge in [0.1, 0.15) is 5.82 Å². The molecule has 1 aliphatic rings. The first-order valence-corrected chi connectivity index (χ1v) is 7.89. The van der Waals surface area contributed by atoms with Gasteiger partial charge in [0, 0.05) is 50.2 Å². The molecule has 1 aliphatic heterocycles. The van der Waals surface area contributed by atoms with Crippen LogP contribution in [0.4, 0.5) is 11.6 Å². The van der Waals surface area contributed by atoms with Crippen molar-refractivity contribution in [1.82, 2.24) is 24.8 Å². The highest BCUT2D eigenvalue weighted by atomic mass is 16.2. The first-order chi connectivity index (χ1) is 11.3. The van der Waals surface area contributed by atoms with Crippen LogP contribution in [0.15, 0.2) is 31.0 Å². The highest BCUT2D eigenvalue weighted by Crippen LogP contribution is 2.31. The third kappa shape index (κ3) is 3.61. The molecule has 0 atom stereocenters. The van der Waals surface area contributed by atoms with Crippen LogP contribution in [0.2, 0.25) is 0 Å². The van der Waals surface area contributed by atoms with Gasteiger partial charge in [-0.15, -0.1) is 0 Å². The van der Waals surface area contributed by atoms with Crippen LogP contribution in [-0.2, 0) is 4.79 Å². The number of aromatic nitrogens is 4. The molecule has 0 saturated carbocycles. The number of piperidine rings is 1. The number of hydrogen-bond donors (Lipinski definition) is 1. The van der Waals surface area contributed by atoms with Crippen molar-refractivity contribution in [2.24, 2.45) is 0 Å². The predicted octanol–water partition coefficient (Wildman–Crippen LogP) is 2.13. The van der Waals surface area contributed by atoms with Gasteiger partial charge < -0.3 is 10.2 Å². The fraction of sp³-hybridized carbons (Fsp3) is 0.438. The van der Waals surface area contributed by atoms with E-state index < -0.39 is 0 Å². The molecule has 0 radical (unpaired) electrons. The maximum Gasteiger partial charge on any atom is 0.222 e. The summed E-state index contributed by atoms with van der Waals surface area (Å²) < 4.78 is 0. The Hall–Kier alpha value is -2.57. The lowest BCUT2D eigenvalue weighted by Gasteiger charge is -2.32. The smallest absolute Gasteiger partial charge is 0.222 e. The van der Waals surface area contributed by atoms with E-state index in [4.69, 9.17) is 0 Å². The number of carbonyl (C=O) groups excluding carboxylic acids is 1. The van der Waals surface area contributed by atoms with E-state index in [-0.39, 0.29) is 5.91 Å². The van der Waals surface area contributed by atoms with E-state index in [1.807, 2.05) is 11.8 Å². The molecule has 23 heavy (non-hydrogen) atoms. The fourth-order valence-electron chi connectivity index (χ4n) is 2.85. The van der Waals surface area contributed by atoms with Gasteiger partial charge in [-0.1, -0.05) is 6.92 Å². The minimum atomic E-state index is 0.223. The van der Waals surface area contributed by atoms with Crippen LogP contribution in [-0.4, -0.2) is 43.8 Å². The first-order valence-electron chi connectivity index (χ1n) is 7.89. The fourth-order valence-corrected chi connectivity index (χ4v) is 2.85. The molecule has 1 amide bonds. The Kier molecular flexibility index (Phi) is 4.75. The number of anilines is 2. The molecule has 0 bridgehead atoms. The van der Waals surface area contributed by atoms with Crippen LogP contribution in [0, 0.1) is 0 Å². The largest absolute Gasteiger partial charge is 0.343 e. The number of likely N-dealkylation sites (tertiary alicyclic amines) is 1. The van der Waals surface area contributed by atoms with Crippen molar-refractivity contribution in [2.75, 3.05) is 18.4 Å². The summed E-state index contributed by atoms with van der Waals surface area (Å²) in [5, 5.41) is 3.19. The zero-order valence-corrected chi connectivity index (χ0v) is 13.1. The highest BCUT2D eigenvalue weighted by molar-refractivity contribution is 5.75. The predicted molar refractivity (Wildman–Crippen MR) is 86.2 cm³/mol. The molecule has 2 aromatic rings. The normalized spacial score (nSPS) is 15.4. The number of carbonyl (C=O) groups is 1. The highest BCUT2D eigenvalue weighted by Gasteiger charge is 2.26. The summed E-state index contributed by atoms with van der Waals surface area (Å²) in [6.45, 7) is 3.46. The Morgan fingerprint density at radius 2 is 1.91 bits per heavy atom. The van der Waals surface area contributed by atoms with Gasteiger partial charge in [-0.2, -0.15) is 0 Å². The molecule has 0 spiro atoms. The number of rotatable bonds is 4. The van der Waals surface area contributed by atoms with Crippen LogP contribution >= 0.6 is 0 Å². The summed E-state index contributed by atoms with van der Waals surface area (Å²) in [5.74, 6) is 1.88. The van der Waals surface area contributed by atoms with E-state index in [9.17, 15) is 4.79 Å². The maximum atomic E-state index is 11.8. The SMILES string of the molecule is CCC(=O)N1CCC(c2nccnc2Nc2cnccn2)CC1. The van der Waals surface area contributed by atoms with Crippen LogP contribution < -0.4 is 5.32 Å². The molecule has 7 nitrogen and oxygen atoms in total. The summed E-state index contributed by atoms with van der Waals surface area (Å²) in [5.41, 5.74) is 0.932. The lowest BCUT2D eigenvalue weighted by molar-refractivity contribution is -0.131. The monoisotopic (exact) mass is 312 g/mol. The molecule has 7 heteroatoms. The standard InChI is InChI=1S/C16H20N6O/c1-2-14(23)22-9-3-12(4-10-22)15-16(20-8-7-19-15)21-13-11-17-5-6-18-13/h5-8,11-12H,2-4,9-10H2,1H3,(H,18,20,21). The Labute approximate surface area is 135 Å². The van der Waals surface area contributed by atoms with Gasteiger partial charge in [-0.05, 0) is 12.8 Å². The van der Waals surface area contributed by atoms with E-state index in [2.05, 4.69) is 25.3 Å². The Morgan fingerprint density at radius 1 is 1.17 bits per heavy atom. The Morgan fingerprint density at radius 3 is 2.61 bits per heavy atom. The van der Waals surface area contributed by atoms with Gasteiger partial charge in [0.25, 0.3) is 0 Å². The summed E-state index contributed by atoms with van der Waals surface area (Å²) in [6.07, 6.45) is 10.7. The summed E-state index contributed by atoms with van der Waals surface area (Å²) in [7, 11) is 0. The van der Waals surface area contributed by atoms with E-state index in [0.717, 1.165) is 31.6 Å². The molecule has 0 aromatic carbocycles. The Bertz CT molecular complexity index is 655. The number of nitrogens with zero attached hydrogens (tertiary/aromatic N) is 5. The van der Waals surface area contributed by atoms with Gasteiger partial charge in [0.15, 0.2) is 5.82 Å². The zero-order valence-electron chi connectivity index (χ0n) is 13.1. The lowest BCUT2D eigenvalue weighted by atomic mass is 9.93. The second-order valence-electron chi connectivity index (χ2n) is 5.51. The second kappa shape index (κ2) is 7.13. The van der Waals surface area contributed by atoms with Crippen LogP contribution in [0.3, 0.4) is 0 Å². The first kappa shape index (κ1) is 15.3. The molecular formula is C16H20N6O. The molecule has 1 fully saturated rings. The van der Waals surface area contributed by atoms with E-state index in [1.165, 1.54) is 0 Å². The number of hydrogen-bond acceptors (Lipinski definition) is 6. The van der Waals surface area contributed by atoms with E-state index >= 15 is 0 Å². The molecular weight excluding hydrogens is 292 g/mol. The van der Waals surface area contributed by atoms with Crippen molar-refractivity contribution >= 4 is 17.5 Å². The van der Waals surface area contributed by atoms with Crippen LogP contribution in [0.5, 0.6) is 0 Å². The van der Waals surface area contributed by atoms with Gasteiger partial charge in [0.05, 0.1) is 11.9 Å². The molecule has 2 aromatic heterocycles. The Balaban J connectivity index is 1.73. The maximum absolute atomic E-state index is 11.8. The quantitative estimate of drug-likeness (QED) is 0.931. The third-order valence-corrected chi connectivity index (χ3v) is 4.07. The summed E-state index contributed by atoms with van der Waals surface area (Å²) >= 11 is 0. The van der Waals surface area contributed by atoms with Crippen molar-refractivity contribution < 1.29 is 4.79 Å². The van der Waals surface area contributed by atoms with Crippen molar-refractivity contribution in [1.29, 1.82) is 0 Å². The van der Waals surface area contributed by atoms with Crippen LogP contribution in [0.25, 0.3) is 0 Å². The number of amides is 1. The molecule has 1 N–H and O–H groups in total. The van der Waals surface area contributed by atoms with Crippen molar-refractivity contribution in [3.63, 3.8) is 0 Å². The molecule has 1 saturated heterocycles. The van der Waals surface area contributed by atoms with Gasteiger partial charge in [-0.3, -0.25) is 14.8 Å². The van der Waals surface area contributed by atoms with Gasteiger partial charge in [-0.25, -0.2) is 9.97 Å². The van der Waals surface area contributed by atoms with Crippen molar-refractivity contribution in [3.8, 4) is 0 Å². The number of nitrogens with one attached hydrogen (secondary N) is 1. The molecule has 120 valence electrons. The minimum absolute atomic E-state index is 0.223. The van der Waals surface area contributed by atoms with E-state index in [0.29, 0.717) is 24.0 Å². The lowest BCUT2D eigenvalue weighted by Crippen LogP contribution is -2.37. The van der Waals surface area contributed by atoms with Gasteiger partial charge in [0.2, 0.25) is 5.91 Å². The average Bonchev–Trinajstić information content (AvgIpc) is 2.62. The van der Waals surface area contributed by atoms with Crippen molar-refractivity contribution in [2.45, 2.75) is 32.1 Å². The molecule has 3 rings (SSSR count). The van der Waals surface area contributed by atoms with Crippen LogP contribution in [0.1, 0.15) is 37.8 Å². The second-order valence-corrected chi connectivity index (χ2v) is 5.51. The minimum Gasteiger partial charge on any atom is -0.343 e. The third-order valence-electron chi connectivity index (χ3n) is 4.07.